The second kappa shape index (κ2) is 3.87. The van der Waals surface area contributed by atoms with E-state index in [0.29, 0.717) is 0 Å². The van der Waals surface area contributed by atoms with Crippen molar-refractivity contribution in [3.63, 3.8) is 0 Å². The van der Waals surface area contributed by atoms with Crippen LogP contribution in [0, 0.1) is 0 Å². The Balaban J connectivity index is 2.34. The van der Waals surface area contributed by atoms with Crippen LogP contribution in [-0.2, 0) is 0 Å². The number of anilines is 1. The molecule has 0 saturated heterocycles. The second-order valence-corrected chi connectivity index (χ2v) is 2.95. The normalized spacial score (nSPS) is 9.79. The molecule has 1 heterocycles. The molecule has 2 aromatic rings. The molecule has 0 aliphatic rings. The van der Waals surface area contributed by atoms with E-state index in [1.807, 2.05) is 31.3 Å². The molecule has 3 heteroatoms. The number of benzene rings is 1. The van der Waals surface area contributed by atoms with Gasteiger partial charge in [-0.25, -0.2) is 9.97 Å². The molecule has 0 aliphatic carbocycles. The highest BCUT2D eigenvalue weighted by molar-refractivity contribution is 5.64. The lowest BCUT2D eigenvalue weighted by Crippen LogP contribution is -1.87. The molecule has 0 unspecified atom stereocenters. The average Bonchev–Trinajstić information content (AvgIpc) is 2.30. The monoisotopic (exact) mass is 185 g/mol. The number of nitrogens with one attached hydrogen (secondary N) is 1. The summed E-state index contributed by atoms with van der Waals surface area (Å²) >= 11 is 0. The Morgan fingerprint density at radius 3 is 2.14 bits per heavy atom. The van der Waals surface area contributed by atoms with Gasteiger partial charge in [-0.05, 0) is 17.7 Å². The molecule has 1 N–H and O–H groups in total. The Hall–Kier alpha value is -1.90. The van der Waals surface area contributed by atoms with E-state index in [1.165, 1.54) is 6.33 Å². The predicted octanol–water partition coefficient (Wildman–Crippen LogP) is 2.19. The molecule has 0 fully saturated rings. The first-order valence-corrected chi connectivity index (χ1v) is 4.43. The third kappa shape index (κ3) is 1.71. The zero-order chi connectivity index (χ0) is 9.80. The summed E-state index contributed by atoms with van der Waals surface area (Å²) in [6, 6.07) is 8.15. The first kappa shape index (κ1) is 8.69. The average molecular weight is 185 g/mol. The van der Waals surface area contributed by atoms with Crippen molar-refractivity contribution in [2.75, 3.05) is 12.4 Å². The zero-order valence-corrected chi connectivity index (χ0v) is 7.94. The van der Waals surface area contributed by atoms with Crippen molar-refractivity contribution < 1.29 is 0 Å². The quantitative estimate of drug-likeness (QED) is 0.779. The lowest BCUT2D eigenvalue weighted by Gasteiger charge is -2.02. The van der Waals surface area contributed by atoms with Crippen LogP contribution in [0.25, 0.3) is 11.1 Å². The summed E-state index contributed by atoms with van der Waals surface area (Å²) in [7, 11) is 1.90. The van der Waals surface area contributed by atoms with Crippen molar-refractivity contribution in [3.05, 3.63) is 43.0 Å². The van der Waals surface area contributed by atoms with Crippen LogP contribution in [0.4, 0.5) is 5.69 Å². The Morgan fingerprint density at radius 1 is 0.929 bits per heavy atom. The first-order chi connectivity index (χ1) is 6.90. The van der Waals surface area contributed by atoms with Crippen LogP contribution < -0.4 is 5.32 Å². The molecule has 0 spiro atoms. The standard InChI is InChI=1S/C11H11N3/c1-12-11-4-2-9(3-5-11)10-6-13-8-14-7-10/h2-8,12H,1H3. The summed E-state index contributed by atoms with van der Waals surface area (Å²) in [6.45, 7) is 0. The van der Waals surface area contributed by atoms with Gasteiger partial charge in [-0.2, -0.15) is 0 Å². The molecule has 0 amide bonds. The smallest absolute Gasteiger partial charge is 0.115 e. The fourth-order valence-corrected chi connectivity index (χ4v) is 1.28. The lowest BCUT2D eigenvalue weighted by atomic mass is 10.1. The minimum Gasteiger partial charge on any atom is -0.388 e. The van der Waals surface area contributed by atoms with Crippen LogP contribution in [0.2, 0.25) is 0 Å². The Kier molecular flexibility index (Phi) is 2.40. The van der Waals surface area contributed by atoms with E-state index in [0.717, 1.165) is 16.8 Å². The fourth-order valence-electron chi connectivity index (χ4n) is 1.28. The molecular formula is C11H11N3. The summed E-state index contributed by atoms with van der Waals surface area (Å²) in [5.41, 5.74) is 3.27. The molecular weight excluding hydrogens is 174 g/mol. The van der Waals surface area contributed by atoms with E-state index in [9.17, 15) is 0 Å². The van der Waals surface area contributed by atoms with E-state index in [4.69, 9.17) is 0 Å². The van der Waals surface area contributed by atoms with Gasteiger partial charge in [-0.15, -0.1) is 0 Å². The van der Waals surface area contributed by atoms with Gasteiger partial charge in [0.25, 0.3) is 0 Å². The highest BCUT2D eigenvalue weighted by Gasteiger charge is 1.96. The Morgan fingerprint density at radius 2 is 1.57 bits per heavy atom. The summed E-state index contributed by atoms with van der Waals surface area (Å²) in [5.74, 6) is 0. The molecule has 0 aliphatic heterocycles. The lowest BCUT2D eigenvalue weighted by molar-refractivity contribution is 1.17. The van der Waals surface area contributed by atoms with Crippen molar-refractivity contribution in [2.45, 2.75) is 0 Å². The van der Waals surface area contributed by atoms with Crippen LogP contribution in [0.5, 0.6) is 0 Å². The third-order valence-electron chi connectivity index (χ3n) is 2.07. The summed E-state index contributed by atoms with van der Waals surface area (Å²) in [6.07, 6.45) is 5.15. The maximum atomic E-state index is 3.98. The zero-order valence-electron chi connectivity index (χ0n) is 7.94. The van der Waals surface area contributed by atoms with Crippen LogP contribution in [0.3, 0.4) is 0 Å². The molecule has 2 rings (SSSR count). The topological polar surface area (TPSA) is 37.8 Å². The van der Waals surface area contributed by atoms with Gasteiger partial charge in [0.15, 0.2) is 0 Å². The molecule has 0 saturated carbocycles. The second-order valence-electron chi connectivity index (χ2n) is 2.95. The van der Waals surface area contributed by atoms with Crippen LogP contribution in [0.1, 0.15) is 0 Å². The fraction of sp³-hybridized carbons (Fsp3) is 0.0909. The van der Waals surface area contributed by atoms with Crippen molar-refractivity contribution in [3.8, 4) is 11.1 Å². The van der Waals surface area contributed by atoms with E-state index >= 15 is 0 Å². The minimum atomic E-state index is 1.04. The summed E-state index contributed by atoms with van der Waals surface area (Å²) in [4.78, 5) is 7.95. The molecule has 0 bridgehead atoms. The molecule has 3 nitrogen and oxygen atoms in total. The SMILES string of the molecule is CNc1ccc(-c2cncnc2)cc1. The maximum absolute atomic E-state index is 3.98. The first-order valence-electron chi connectivity index (χ1n) is 4.43. The maximum Gasteiger partial charge on any atom is 0.115 e. The number of rotatable bonds is 2. The molecule has 14 heavy (non-hydrogen) atoms. The van der Waals surface area contributed by atoms with Crippen LogP contribution in [-0.4, -0.2) is 17.0 Å². The molecule has 0 radical (unpaired) electrons. The Labute approximate surface area is 82.8 Å². The van der Waals surface area contributed by atoms with Crippen molar-refractivity contribution in [2.24, 2.45) is 0 Å². The van der Waals surface area contributed by atoms with Crippen molar-refractivity contribution in [1.82, 2.24) is 9.97 Å². The van der Waals surface area contributed by atoms with Gasteiger partial charge in [0.1, 0.15) is 6.33 Å². The third-order valence-corrected chi connectivity index (χ3v) is 2.07. The van der Waals surface area contributed by atoms with Gasteiger partial charge in [0.2, 0.25) is 0 Å². The van der Waals surface area contributed by atoms with E-state index in [-0.39, 0.29) is 0 Å². The van der Waals surface area contributed by atoms with Crippen molar-refractivity contribution >= 4 is 5.69 Å². The number of hydrogen-bond acceptors (Lipinski definition) is 3. The van der Waals surface area contributed by atoms with Crippen LogP contribution in [0.15, 0.2) is 43.0 Å². The summed E-state index contributed by atoms with van der Waals surface area (Å²) < 4.78 is 0. The van der Waals surface area contributed by atoms with Gasteiger partial charge < -0.3 is 5.32 Å². The number of aromatic nitrogens is 2. The van der Waals surface area contributed by atoms with Crippen molar-refractivity contribution in [1.29, 1.82) is 0 Å². The van der Waals surface area contributed by atoms with Gasteiger partial charge >= 0.3 is 0 Å². The highest BCUT2D eigenvalue weighted by atomic mass is 14.8. The highest BCUT2D eigenvalue weighted by Crippen LogP contribution is 2.19. The summed E-state index contributed by atoms with van der Waals surface area (Å²) in [5, 5.41) is 3.07. The Bertz CT molecular complexity index is 395. The molecule has 70 valence electrons. The molecule has 1 aromatic carbocycles. The van der Waals surface area contributed by atoms with E-state index < -0.39 is 0 Å². The van der Waals surface area contributed by atoms with E-state index in [1.54, 1.807) is 12.4 Å². The van der Waals surface area contributed by atoms with Gasteiger partial charge in [0, 0.05) is 30.7 Å². The van der Waals surface area contributed by atoms with Crippen LogP contribution >= 0.6 is 0 Å². The number of hydrogen-bond donors (Lipinski definition) is 1. The predicted molar refractivity (Wildman–Crippen MR) is 57.0 cm³/mol. The minimum absolute atomic E-state index is 1.04. The molecule has 0 atom stereocenters. The van der Waals surface area contributed by atoms with Gasteiger partial charge in [-0.3, -0.25) is 0 Å². The van der Waals surface area contributed by atoms with Gasteiger partial charge in [0.05, 0.1) is 0 Å². The largest absolute Gasteiger partial charge is 0.388 e. The van der Waals surface area contributed by atoms with E-state index in [2.05, 4.69) is 15.3 Å². The van der Waals surface area contributed by atoms with Gasteiger partial charge in [-0.1, -0.05) is 12.1 Å². The molecule has 1 aromatic heterocycles. The number of nitrogens with zero attached hydrogens (tertiary/aromatic N) is 2.